The molecule has 3 nitrogen and oxygen atoms in total. The van der Waals surface area contributed by atoms with E-state index in [-0.39, 0.29) is 22.6 Å². The van der Waals surface area contributed by atoms with Crippen LogP contribution < -0.4 is 5.32 Å². The lowest BCUT2D eigenvalue weighted by atomic mass is 10.1. The van der Waals surface area contributed by atoms with E-state index in [1.165, 1.54) is 0 Å². The zero-order valence-electron chi connectivity index (χ0n) is 13.6. The van der Waals surface area contributed by atoms with Gasteiger partial charge in [0, 0.05) is 11.4 Å². The number of nitrogens with zero attached hydrogens (tertiary/aromatic N) is 1. The Balaban J connectivity index is 1.88. The van der Waals surface area contributed by atoms with Crippen molar-refractivity contribution < 1.29 is 13.6 Å². The number of thioether (sulfide) groups is 1. The third-order valence-corrected chi connectivity index (χ3v) is 4.58. The number of likely N-dealkylation sites (N-methyl/N-ethyl adjacent to an activating group) is 1. The van der Waals surface area contributed by atoms with E-state index in [4.69, 9.17) is 0 Å². The number of hydrogen-bond acceptors (Lipinski definition) is 3. The van der Waals surface area contributed by atoms with Crippen LogP contribution in [0.1, 0.15) is 11.6 Å². The van der Waals surface area contributed by atoms with Crippen LogP contribution >= 0.6 is 11.8 Å². The Hall–Kier alpha value is -1.92. The van der Waals surface area contributed by atoms with Crippen LogP contribution in [0.3, 0.4) is 0 Å². The van der Waals surface area contributed by atoms with E-state index in [2.05, 4.69) is 5.32 Å². The van der Waals surface area contributed by atoms with Gasteiger partial charge in [-0.2, -0.15) is 0 Å². The first kappa shape index (κ1) is 18.4. The Morgan fingerprint density at radius 3 is 2.54 bits per heavy atom. The molecular weight excluding hydrogens is 330 g/mol. The second kappa shape index (κ2) is 8.80. The summed E-state index contributed by atoms with van der Waals surface area (Å²) < 4.78 is 26.7. The largest absolute Gasteiger partial charge is 0.353 e. The average molecular weight is 350 g/mol. The number of carbonyl (C=O) groups excluding carboxylic acids is 1. The van der Waals surface area contributed by atoms with Crippen molar-refractivity contribution in [2.45, 2.75) is 10.9 Å². The van der Waals surface area contributed by atoms with Crippen LogP contribution in [0.2, 0.25) is 0 Å². The summed E-state index contributed by atoms with van der Waals surface area (Å²) in [6.45, 7) is 0.446. The topological polar surface area (TPSA) is 32.3 Å². The van der Waals surface area contributed by atoms with Crippen LogP contribution in [0.5, 0.6) is 0 Å². The van der Waals surface area contributed by atoms with Crippen LogP contribution in [0.25, 0.3) is 0 Å². The SMILES string of the molecule is CN(C)[C@@H](CNC(=O)CSc1cc(F)ccc1F)c1ccccc1. The first-order valence-electron chi connectivity index (χ1n) is 7.53. The Bertz CT molecular complexity index is 680. The second-order valence-corrected chi connectivity index (χ2v) is 6.57. The van der Waals surface area contributed by atoms with Crippen molar-refractivity contribution in [1.82, 2.24) is 10.2 Å². The first-order chi connectivity index (χ1) is 11.5. The van der Waals surface area contributed by atoms with Crippen LogP contribution in [-0.2, 0) is 4.79 Å². The molecular formula is C18H20F2N2OS. The number of benzene rings is 2. The molecule has 24 heavy (non-hydrogen) atoms. The summed E-state index contributed by atoms with van der Waals surface area (Å²) in [6, 6.07) is 13.1. The van der Waals surface area contributed by atoms with Crippen molar-refractivity contribution in [3.63, 3.8) is 0 Å². The number of rotatable bonds is 7. The number of halogens is 2. The standard InChI is InChI=1S/C18H20F2N2OS/c1-22(2)16(13-6-4-3-5-7-13)11-21-18(23)12-24-17-10-14(19)8-9-15(17)20/h3-10,16H,11-12H2,1-2H3,(H,21,23)/t16-/m0/s1. The van der Waals surface area contributed by atoms with Gasteiger partial charge in [-0.3, -0.25) is 4.79 Å². The lowest BCUT2D eigenvalue weighted by Gasteiger charge is -2.25. The summed E-state index contributed by atoms with van der Waals surface area (Å²) in [6.07, 6.45) is 0. The lowest BCUT2D eigenvalue weighted by Crippen LogP contribution is -2.35. The molecule has 2 rings (SSSR count). The molecule has 128 valence electrons. The molecule has 0 aliphatic rings. The van der Waals surface area contributed by atoms with Gasteiger partial charge < -0.3 is 10.2 Å². The third kappa shape index (κ3) is 5.32. The minimum atomic E-state index is -0.523. The summed E-state index contributed by atoms with van der Waals surface area (Å²) in [5.41, 5.74) is 1.10. The van der Waals surface area contributed by atoms with Gasteiger partial charge in [-0.15, -0.1) is 11.8 Å². The smallest absolute Gasteiger partial charge is 0.230 e. The molecule has 0 heterocycles. The van der Waals surface area contributed by atoms with Crippen LogP contribution in [-0.4, -0.2) is 37.2 Å². The number of amides is 1. The van der Waals surface area contributed by atoms with Crippen molar-refractivity contribution in [1.29, 1.82) is 0 Å². The van der Waals surface area contributed by atoms with E-state index in [0.29, 0.717) is 6.54 Å². The first-order valence-corrected chi connectivity index (χ1v) is 8.52. The molecule has 0 spiro atoms. The highest BCUT2D eigenvalue weighted by atomic mass is 32.2. The molecule has 1 atom stereocenters. The molecule has 2 aromatic rings. The normalized spacial score (nSPS) is 12.2. The quantitative estimate of drug-likeness (QED) is 0.776. The maximum Gasteiger partial charge on any atom is 0.230 e. The molecule has 0 radical (unpaired) electrons. The van der Waals surface area contributed by atoms with Gasteiger partial charge in [-0.25, -0.2) is 8.78 Å². The Morgan fingerprint density at radius 1 is 1.17 bits per heavy atom. The summed E-state index contributed by atoms with van der Waals surface area (Å²) in [5, 5.41) is 2.85. The average Bonchev–Trinajstić information content (AvgIpc) is 2.56. The van der Waals surface area contributed by atoms with Crippen molar-refractivity contribution in [2.75, 3.05) is 26.4 Å². The van der Waals surface area contributed by atoms with Gasteiger partial charge in [0.15, 0.2) is 0 Å². The van der Waals surface area contributed by atoms with E-state index in [1.54, 1.807) is 0 Å². The fourth-order valence-electron chi connectivity index (χ4n) is 2.27. The second-order valence-electron chi connectivity index (χ2n) is 5.56. The highest BCUT2D eigenvalue weighted by Gasteiger charge is 2.15. The fraction of sp³-hybridized carbons (Fsp3) is 0.278. The van der Waals surface area contributed by atoms with Crippen molar-refractivity contribution in [2.24, 2.45) is 0 Å². The maximum absolute atomic E-state index is 13.5. The van der Waals surface area contributed by atoms with Gasteiger partial charge >= 0.3 is 0 Å². The molecule has 2 aromatic carbocycles. The molecule has 0 fully saturated rings. The number of carbonyl (C=O) groups is 1. The van der Waals surface area contributed by atoms with E-state index >= 15 is 0 Å². The van der Waals surface area contributed by atoms with Crippen LogP contribution in [0.4, 0.5) is 8.78 Å². The van der Waals surface area contributed by atoms with Gasteiger partial charge in [0.1, 0.15) is 11.6 Å². The van der Waals surface area contributed by atoms with Gasteiger partial charge in [0.2, 0.25) is 5.91 Å². The molecule has 1 amide bonds. The fourth-order valence-corrected chi connectivity index (χ4v) is 3.06. The van der Waals surface area contributed by atoms with E-state index < -0.39 is 11.6 Å². The summed E-state index contributed by atoms with van der Waals surface area (Å²) in [4.78, 5) is 14.2. The summed E-state index contributed by atoms with van der Waals surface area (Å²) in [5.74, 6) is -1.22. The number of hydrogen-bond donors (Lipinski definition) is 1. The molecule has 6 heteroatoms. The van der Waals surface area contributed by atoms with Crippen molar-refractivity contribution in [3.05, 3.63) is 65.7 Å². The van der Waals surface area contributed by atoms with Gasteiger partial charge in [-0.1, -0.05) is 30.3 Å². The van der Waals surface area contributed by atoms with Crippen molar-refractivity contribution >= 4 is 17.7 Å². The highest BCUT2D eigenvalue weighted by Crippen LogP contribution is 2.22. The third-order valence-electron chi connectivity index (χ3n) is 3.55. The van der Waals surface area contributed by atoms with E-state index in [0.717, 1.165) is 35.5 Å². The molecule has 1 N–H and O–H groups in total. The molecule has 0 unspecified atom stereocenters. The predicted octanol–water partition coefficient (Wildman–Crippen LogP) is 3.48. The van der Waals surface area contributed by atoms with Gasteiger partial charge in [-0.05, 0) is 37.9 Å². The summed E-state index contributed by atoms with van der Waals surface area (Å²) >= 11 is 0.985. The molecule has 0 aliphatic carbocycles. The Morgan fingerprint density at radius 2 is 1.88 bits per heavy atom. The minimum absolute atomic E-state index is 0.0370. The van der Waals surface area contributed by atoms with E-state index in [1.807, 2.05) is 49.3 Å². The molecule has 0 aromatic heterocycles. The molecule has 0 saturated heterocycles. The predicted molar refractivity (Wildman–Crippen MR) is 93.0 cm³/mol. The zero-order chi connectivity index (χ0) is 17.5. The summed E-state index contributed by atoms with van der Waals surface area (Å²) in [7, 11) is 3.89. The van der Waals surface area contributed by atoms with Gasteiger partial charge in [0.05, 0.1) is 11.8 Å². The van der Waals surface area contributed by atoms with Gasteiger partial charge in [0.25, 0.3) is 0 Å². The molecule has 0 aliphatic heterocycles. The van der Waals surface area contributed by atoms with E-state index in [9.17, 15) is 13.6 Å². The molecule has 0 bridgehead atoms. The minimum Gasteiger partial charge on any atom is -0.353 e. The zero-order valence-corrected chi connectivity index (χ0v) is 14.4. The maximum atomic E-state index is 13.5. The van der Waals surface area contributed by atoms with Crippen molar-refractivity contribution in [3.8, 4) is 0 Å². The highest BCUT2D eigenvalue weighted by molar-refractivity contribution is 8.00. The monoisotopic (exact) mass is 350 g/mol. The Kier molecular flexibility index (Phi) is 6.75. The number of nitrogens with one attached hydrogen (secondary N) is 1. The molecule has 0 saturated carbocycles. The lowest BCUT2D eigenvalue weighted by molar-refractivity contribution is -0.118. The Labute approximate surface area is 145 Å². The van der Waals surface area contributed by atoms with Crippen LogP contribution in [0, 0.1) is 11.6 Å². The van der Waals surface area contributed by atoms with Crippen LogP contribution in [0.15, 0.2) is 53.4 Å².